The first-order chi connectivity index (χ1) is 5.68. The highest BCUT2D eigenvalue weighted by atomic mass is 15.0. The van der Waals surface area contributed by atoms with Gasteiger partial charge in [-0.3, -0.25) is 0 Å². The molecule has 0 aromatic rings. The van der Waals surface area contributed by atoms with Crippen LogP contribution >= 0.6 is 0 Å². The lowest BCUT2D eigenvalue weighted by Crippen LogP contribution is -2.52. The van der Waals surface area contributed by atoms with E-state index in [9.17, 15) is 0 Å². The lowest BCUT2D eigenvalue weighted by Gasteiger charge is -2.46. The maximum absolute atomic E-state index is 3.66. The predicted octanol–water partition coefficient (Wildman–Crippen LogP) is 3.20. The topological polar surface area (TPSA) is 12.0 Å². The van der Waals surface area contributed by atoms with Crippen LogP contribution in [0.4, 0.5) is 0 Å². The Balaban J connectivity index is 2.27. The van der Waals surface area contributed by atoms with Crippen LogP contribution in [0.5, 0.6) is 0 Å². The van der Waals surface area contributed by atoms with Crippen LogP contribution in [0.15, 0.2) is 0 Å². The largest absolute Gasteiger partial charge is 0.309 e. The average Bonchev–Trinajstić information content (AvgIpc) is 1.71. The van der Waals surface area contributed by atoms with Gasteiger partial charge in [-0.1, -0.05) is 20.8 Å². The molecule has 0 spiro atoms. The maximum Gasteiger partial charge on any atom is 0.00991 e. The van der Waals surface area contributed by atoms with E-state index in [1.807, 2.05) is 0 Å². The first kappa shape index (κ1) is 11.0. The Morgan fingerprint density at radius 3 is 1.69 bits per heavy atom. The monoisotopic (exact) mass is 183 g/mol. The van der Waals surface area contributed by atoms with Crippen LogP contribution in [0.25, 0.3) is 0 Å². The van der Waals surface area contributed by atoms with Crippen molar-refractivity contribution in [3.8, 4) is 0 Å². The Labute approximate surface area is 83.3 Å². The van der Waals surface area contributed by atoms with Gasteiger partial charge in [0.1, 0.15) is 0 Å². The minimum Gasteiger partial charge on any atom is -0.309 e. The zero-order valence-corrected chi connectivity index (χ0v) is 10.1. The second-order valence-electron chi connectivity index (χ2n) is 6.63. The molecule has 0 bridgehead atoms. The molecule has 0 aromatic heterocycles. The van der Waals surface area contributed by atoms with Crippen molar-refractivity contribution in [1.29, 1.82) is 0 Å². The highest BCUT2D eigenvalue weighted by molar-refractivity contribution is 4.93. The molecule has 1 heteroatoms. The molecule has 0 aromatic carbocycles. The molecule has 1 aliphatic rings. The van der Waals surface area contributed by atoms with Gasteiger partial charge in [-0.2, -0.15) is 0 Å². The molecule has 1 N–H and O–H groups in total. The molecule has 1 fully saturated rings. The van der Waals surface area contributed by atoms with E-state index < -0.39 is 0 Å². The van der Waals surface area contributed by atoms with Crippen LogP contribution in [0.2, 0.25) is 0 Å². The summed E-state index contributed by atoms with van der Waals surface area (Å²) in [6.07, 6.45) is 2.72. The molecule has 1 rings (SSSR count). The van der Waals surface area contributed by atoms with Crippen LogP contribution < -0.4 is 5.32 Å². The second-order valence-corrected chi connectivity index (χ2v) is 6.63. The van der Waals surface area contributed by atoms with Crippen molar-refractivity contribution >= 4 is 0 Å². The van der Waals surface area contributed by atoms with E-state index in [4.69, 9.17) is 0 Å². The predicted molar refractivity (Wildman–Crippen MR) is 58.9 cm³/mol. The summed E-state index contributed by atoms with van der Waals surface area (Å²) in [5.41, 5.74) is 0.795. The molecule has 0 heterocycles. The van der Waals surface area contributed by atoms with Crippen molar-refractivity contribution < 1.29 is 0 Å². The average molecular weight is 183 g/mol. The van der Waals surface area contributed by atoms with E-state index in [0.29, 0.717) is 5.41 Å². The molecule has 0 amide bonds. The summed E-state index contributed by atoms with van der Waals surface area (Å²) < 4.78 is 0. The van der Waals surface area contributed by atoms with Crippen molar-refractivity contribution in [1.82, 2.24) is 5.32 Å². The Morgan fingerprint density at radius 2 is 1.38 bits per heavy atom. The first-order valence-electron chi connectivity index (χ1n) is 5.46. The third-order valence-electron chi connectivity index (χ3n) is 3.00. The van der Waals surface area contributed by atoms with Gasteiger partial charge in [0.05, 0.1) is 0 Å². The molecule has 1 nitrogen and oxygen atoms in total. The second kappa shape index (κ2) is 3.27. The number of rotatable bonds is 1. The third kappa shape index (κ3) is 3.30. The Bertz CT molecular complexity index is 165. The summed E-state index contributed by atoms with van der Waals surface area (Å²) in [5, 5.41) is 3.66. The minimum absolute atomic E-state index is 0.285. The summed E-state index contributed by atoms with van der Waals surface area (Å²) in [6, 6.07) is 0.768. The zero-order chi connectivity index (χ0) is 10.3. The quantitative estimate of drug-likeness (QED) is 0.658. The zero-order valence-electron chi connectivity index (χ0n) is 10.1. The van der Waals surface area contributed by atoms with E-state index in [2.05, 4.69) is 46.9 Å². The van der Waals surface area contributed by atoms with Gasteiger partial charge in [-0.25, -0.2) is 0 Å². The van der Waals surface area contributed by atoms with Crippen molar-refractivity contribution in [3.63, 3.8) is 0 Å². The summed E-state index contributed by atoms with van der Waals surface area (Å²) in [6.45, 7) is 13.8. The lowest BCUT2D eigenvalue weighted by molar-refractivity contribution is 0.0845. The van der Waals surface area contributed by atoms with Crippen LogP contribution in [0.1, 0.15) is 54.4 Å². The van der Waals surface area contributed by atoms with Crippen molar-refractivity contribution in [2.75, 3.05) is 0 Å². The highest BCUT2D eigenvalue weighted by Gasteiger charge is 2.38. The standard InChI is InChI=1S/C12H25N/c1-11(2,3)9-7-10(8-9)13-12(4,5)6/h9-10,13H,7-8H2,1-6H3. The van der Waals surface area contributed by atoms with Gasteiger partial charge in [0, 0.05) is 11.6 Å². The normalized spacial score (nSPS) is 30.0. The Hall–Kier alpha value is -0.0400. The number of nitrogens with one attached hydrogen (secondary N) is 1. The fourth-order valence-corrected chi connectivity index (χ4v) is 2.06. The third-order valence-corrected chi connectivity index (χ3v) is 3.00. The van der Waals surface area contributed by atoms with Crippen LogP contribution in [0, 0.1) is 11.3 Å². The molecule has 0 saturated heterocycles. The lowest BCUT2D eigenvalue weighted by atomic mass is 9.65. The summed E-state index contributed by atoms with van der Waals surface area (Å²) in [7, 11) is 0. The van der Waals surface area contributed by atoms with Crippen LogP contribution in [-0.2, 0) is 0 Å². The summed E-state index contributed by atoms with van der Waals surface area (Å²) in [5.74, 6) is 0.923. The van der Waals surface area contributed by atoms with Gasteiger partial charge in [0.2, 0.25) is 0 Å². The number of hydrogen-bond donors (Lipinski definition) is 1. The smallest absolute Gasteiger partial charge is 0.00991 e. The van der Waals surface area contributed by atoms with Gasteiger partial charge < -0.3 is 5.32 Å². The Kier molecular flexibility index (Phi) is 2.78. The number of hydrogen-bond acceptors (Lipinski definition) is 1. The molecular formula is C12H25N. The van der Waals surface area contributed by atoms with Crippen LogP contribution in [-0.4, -0.2) is 11.6 Å². The van der Waals surface area contributed by atoms with Crippen molar-refractivity contribution in [2.45, 2.75) is 66.0 Å². The molecule has 13 heavy (non-hydrogen) atoms. The molecule has 78 valence electrons. The van der Waals surface area contributed by atoms with Crippen LogP contribution in [0.3, 0.4) is 0 Å². The van der Waals surface area contributed by atoms with E-state index >= 15 is 0 Å². The SMILES string of the molecule is CC(C)(C)NC1CC(C(C)(C)C)C1. The van der Waals surface area contributed by atoms with Gasteiger partial charge in [-0.05, 0) is 44.9 Å². The molecular weight excluding hydrogens is 158 g/mol. The fraction of sp³-hybridized carbons (Fsp3) is 1.00. The van der Waals surface area contributed by atoms with E-state index in [1.165, 1.54) is 12.8 Å². The van der Waals surface area contributed by atoms with E-state index in [1.54, 1.807) is 0 Å². The van der Waals surface area contributed by atoms with Gasteiger partial charge in [-0.15, -0.1) is 0 Å². The maximum atomic E-state index is 3.66. The van der Waals surface area contributed by atoms with Gasteiger partial charge >= 0.3 is 0 Å². The van der Waals surface area contributed by atoms with Crippen molar-refractivity contribution in [3.05, 3.63) is 0 Å². The molecule has 0 unspecified atom stereocenters. The molecule has 0 radical (unpaired) electrons. The van der Waals surface area contributed by atoms with Crippen molar-refractivity contribution in [2.24, 2.45) is 11.3 Å². The summed E-state index contributed by atoms with van der Waals surface area (Å²) >= 11 is 0. The molecule has 0 atom stereocenters. The van der Waals surface area contributed by atoms with E-state index in [-0.39, 0.29) is 5.54 Å². The van der Waals surface area contributed by atoms with Gasteiger partial charge in [0.15, 0.2) is 0 Å². The summed E-state index contributed by atoms with van der Waals surface area (Å²) in [4.78, 5) is 0. The molecule has 1 aliphatic carbocycles. The molecule has 0 aliphatic heterocycles. The van der Waals surface area contributed by atoms with Gasteiger partial charge in [0.25, 0.3) is 0 Å². The van der Waals surface area contributed by atoms with E-state index in [0.717, 1.165) is 12.0 Å². The fourth-order valence-electron chi connectivity index (χ4n) is 2.06. The minimum atomic E-state index is 0.285. The first-order valence-corrected chi connectivity index (χ1v) is 5.46. The molecule has 1 saturated carbocycles. The Morgan fingerprint density at radius 1 is 0.923 bits per heavy atom. The highest BCUT2D eigenvalue weighted by Crippen LogP contribution is 2.41.